The SMILES string of the molecule is CNCC(CCCS(C)(=O)=O)c1ccc(F)cc1. The molecular formula is C13H20FNO2S. The zero-order valence-corrected chi connectivity index (χ0v) is 11.6. The monoisotopic (exact) mass is 273 g/mol. The number of hydrogen-bond acceptors (Lipinski definition) is 3. The molecule has 0 aliphatic heterocycles. The molecule has 0 fully saturated rings. The van der Waals surface area contributed by atoms with Crippen LogP contribution in [0, 0.1) is 5.82 Å². The Balaban J connectivity index is 2.62. The third-order valence-corrected chi connectivity index (χ3v) is 3.89. The number of rotatable bonds is 7. The maximum Gasteiger partial charge on any atom is 0.147 e. The fraction of sp³-hybridized carbons (Fsp3) is 0.538. The average Bonchev–Trinajstić information content (AvgIpc) is 2.27. The summed E-state index contributed by atoms with van der Waals surface area (Å²) < 4.78 is 35.0. The minimum Gasteiger partial charge on any atom is -0.319 e. The fourth-order valence-electron chi connectivity index (χ4n) is 1.96. The zero-order chi connectivity index (χ0) is 13.6. The third-order valence-electron chi connectivity index (χ3n) is 2.86. The fourth-order valence-corrected chi connectivity index (χ4v) is 2.65. The summed E-state index contributed by atoms with van der Waals surface area (Å²) >= 11 is 0. The standard InChI is InChI=1S/C13H20FNO2S/c1-15-10-12(4-3-9-18(2,16)17)11-5-7-13(14)8-6-11/h5-8,12,15H,3-4,9-10H2,1-2H3. The molecule has 1 aromatic carbocycles. The second-order valence-corrected chi connectivity index (χ2v) is 6.84. The first-order valence-corrected chi connectivity index (χ1v) is 8.06. The molecule has 3 nitrogen and oxygen atoms in total. The van der Waals surface area contributed by atoms with Crippen LogP contribution in [0.5, 0.6) is 0 Å². The average molecular weight is 273 g/mol. The lowest BCUT2D eigenvalue weighted by Crippen LogP contribution is -2.18. The highest BCUT2D eigenvalue weighted by Crippen LogP contribution is 2.21. The van der Waals surface area contributed by atoms with Gasteiger partial charge in [-0.2, -0.15) is 0 Å². The Hall–Kier alpha value is -0.940. The Morgan fingerprint density at radius 3 is 2.39 bits per heavy atom. The summed E-state index contributed by atoms with van der Waals surface area (Å²) in [6.07, 6.45) is 2.65. The Labute approximate surface area is 108 Å². The lowest BCUT2D eigenvalue weighted by Gasteiger charge is -2.16. The van der Waals surface area contributed by atoms with Crippen LogP contribution in [0.3, 0.4) is 0 Å². The number of likely N-dealkylation sites (N-methyl/N-ethyl adjacent to an activating group) is 1. The van der Waals surface area contributed by atoms with E-state index < -0.39 is 9.84 Å². The molecule has 0 saturated heterocycles. The van der Waals surface area contributed by atoms with Gasteiger partial charge in [0.15, 0.2) is 0 Å². The second-order valence-electron chi connectivity index (χ2n) is 4.58. The van der Waals surface area contributed by atoms with Crippen molar-refractivity contribution >= 4 is 9.84 Å². The van der Waals surface area contributed by atoms with E-state index >= 15 is 0 Å². The number of halogens is 1. The van der Waals surface area contributed by atoms with E-state index in [0.29, 0.717) is 6.42 Å². The quantitative estimate of drug-likeness (QED) is 0.826. The maximum atomic E-state index is 12.8. The minimum absolute atomic E-state index is 0.203. The molecule has 0 aliphatic rings. The van der Waals surface area contributed by atoms with Gasteiger partial charge < -0.3 is 5.32 Å². The van der Waals surface area contributed by atoms with Crippen molar-refractivity contribution in [3.63, 3.8) is 0 Å². The summed E-state index contributed by atoms with van der Waals surface area (Å²) in [6, 6.07) is 6.40. The highest BCUT2D eigenvalue weighted by Gasteiger charge is 2.12. The number of nitrogens with one attached hydrogen (secondary N) is 1. The molecule has 0 aromatic heterocycles. The molecule has 0 spiro atoms. The summed E-state index contributed by atoms with van der Waals surface area (Å²) in [5, 5.41) is 3.09. The van der Waals surface area contributed by atoms with Crippen molar-refractivity contribution in [2.45, 2.75) is 18.8 Å². The van der Waals surface area contributed by atoms with Gasteiger partial charge in [-0.25, -0.2) is 12.8 Å². The predicted octanol–water partition coefficient (Wildman–Crippen LogP) is 1.95. The molecule has 0 radical (unpaired) electrons. The predicted molar refractivity (Wildman–Crippen MR) is 72.0 cm³/mol. The Morgan fingerprint density at radius 1 is 1.28 bits per heavy atom. The van der Waals surface area contributed by atoms with Crippen molar-refractivity contribution in [1.82, 2.24) is 5.32 Å². The van der Waals surface area contributed by atoms with Crippen molar-refractivity contribution in [3.05, 3.63) is 35.6 Å². The van der Waals surface area contributed by atoms with Crippen LogP contribution in [0.25, 0.3) is 0 Å². The van der Waals surface area contributed by atoms with Crippen LogP contribution in [0.1, 0.15) is 24.3 Å². The van der Waals surface area contributed by atoms with E-state index in [-0.39, 0.29) is 17.5 Å². The van der Waals surface area contributed by atoms with Gasteiger partial charge >= 0.3 is 0 Å². The van der Waals surface area contributed by atoms with Gasteiger partial charge in [0.05, 0.1) is 0 Å². The van der Waals surface area contributed by atoms with Crippen LogP contribution in [0.2, 0.25) is 0 Å². The van der Waals surface area contributed by atoms with Gasteiger partial charge in [0, 0.05) is 18.6 Å². The van der Waals surface area contributed by atoms with Crippen molar-refractivity contribution in [2.75, 3.05) is 25.6 Å². The first kappa shape index (κ1) is 15.1. The zero-order valence-electron chi connectivity index (χ0n) is 10.8. The Bertz CT molecular complexity index is 456. The van der Waals surface area contributed by atoms with Gasteiger partial charge in [0.2, 0.25) is 0 Å². The van der Waals surface area contributed by atoms with Gasteiger partial charge in [-0.1, -0.05) is 12.1 Å². The molecule has 102 valence electrons. The molecule has 1 unspecified atom stereocenters. The van der Waals surface area contributed by atoms with Crippen LogP contribution in [-0.4, -0.2) is 34.0 Å². The summed E-state index contributed by atoms with van der Waals surface area (Å²) in [6.45, 7) is 0.759. The number of sulfone groups is 1. The van der Waals surface area contributed by atoms with E-state index in [1.54, 1.807) is 12.1 Å². The molecule has 1 atom stereocenters. The van der Waals surface area contributed by atoms with E-state index in [4.69, 9.17) is 0 Å². The van der Waals surface area contributed by atoms with E-state index in [1.165, 1.54) is 18.4 Å². The Morgan fingerprint density at radius 2 is 1.89 bits per heavy atom. The molecule has 0 aliphatic carbocycles. The highest BCUT2D eigenvalue weighted by molar-refractivity contribution is 7.90. The maximum absolute atomic E-state index is 12.8. The number of hydrogen-bond donors (Lipinski definition) is 1. The van der Waals surface area contributed by atoms with Crippen molar-refractivity contribution < 1.29 is 12.8 Å². The molecule has 18 heavy (non-hydrogen) atoms. The van der Waals surface area contributed by atoms with Crippen LogP contribution in [0.15, 0.2) is 24.3 Å². The van der Waals surface area contributed by atoms with E-state index in [9.17, 15) is 12.8 Å². The lowest BCUT2D eigenvalue weighted by atomic mass is 9.94. The molecular weight excluding hydrogens is 253 g/mol. The summed E-state index contributed by atoms with van der Waals surface area (Å²) in [7, 11) is -1.05. The van der Waals surface area contributed by atoms with Gasteiger partial charge in [0.1, 0.15) is 15.7 Å². The lowest BCUT2D eigenvalue weighted by molar-refractivity contribution is 0.562. The summed E-state index contributed by atoms with van der Waals surface area (Å²) in [5.74, 6) is 0.171. The van der Waals surface area contributed by atoms with Crippen LogP contribution >= 0.6 is 0 Å². The van der Waals surface area contributed by atoms with Gasteiger partial charge in [-0.05, 0) is 43.5 Å². The molecule has 0 heterocycles. The molecule has 1 rings (SSSR count). The topological polar surface area (TPSA) is 46.2 Å². The van der Waals surface area contributed by atoms with Crippen LogP contribution < -0.4 is 5.32 Å². The minimum atomic E-state index is -2.90. The highest BCUT2D eigenvalue weighted by atomic mass is 32.2. The first-order valence-electron chi connectivity index (χ1n) is 6.00. The molecule has 1 N–H and O–H groups in total. The third kappa shape index (κ3) is 5.60. The largest absolute Gasteiger partial charge is 0.319 e. The second kappa shape index (κ2) is 6.85. The number of benzene rings is 1. The van der Waals surface area contributed by atoms with E-state index in [2.05, 4.69) is 5.32 Å². The first-order chi connectivity index (χ1) is 8.42. The molecule has 0 amide bonds. The molecule has 1 aromatic rings. The molecule has 5 heteroatoms. The van der Waals surface area contributed by atoms with Crippen molar-refractivity contribution in [1.29, 1.82) is 0 Å². The van der Waals surface area contributed by atoms with Crippen molar-refractivity contribution in [2.24, 2.45) is 0 Å². The van der Waals surface area contributed by atoms with Gasteiger partial charge in [-0.15, -0.1) is 0 Å². The normalized spacial score (nSPS) is 13.5. The van der Waals surface area contributed by atoms with Crippen molar-refractivity contribution in [3.8, 4) is 0 Å². The molecule has 0 saturated carbocycles. The van der Waals surface area contributed by atoms with Crippen LogP contribution in [0.4, 0.5) is 4.39 Å². The van der Waals surface area contributed by atoms with Gasteiger partial charge in [-0.3, -0.25) is 0 Å². The summed E-state index contributed by atoms with van der Waals surface area (Å²) in [5.41, 5.74) is 1.04. The Kier molecular flexibility index (Phi) is 5.75. The smallest absolute Gasteiger partial charge is 0.147 e. The summed E-state index contributed by atoms with van der Waals surface area (Å²) in [4.78, 5) is 0. The van der Waals surface area contributed by atoms with E-state index in [1.807, 2.05) is 7.05 Å². The van der Waals surface area contributed by atoms with E-state index in [0.717, 1.165) is 18.5 Å². The van der Waals surface area contributed by atoms with Gasteiger partial charge in [0.25, 0.3) is 0 Å². The molecule has 0 bridgehead atoms. The van der Waals surface area contributed by atoms with Crippen LogP contribution in [-0.2, 0) is 9.84 Å².